The van der Waals surface area contributed by atoms with E-state index in [1.54, 1.807) is 0 Å². The lowest BCUT2D eigenvalue weighted by Gasteiger charge is -2.40. The van der Waals surface area contributed by atoms with Crippen LogP contribution in [0.25, 0.3) is 10.8 Å². The molecule has 5 aromatic rings. The van der Waals surface area contributed by atoms with Crippen molar-refractivity contribution in [1.29, 1.82) is 0 Å². The lowest BCUT2D eigenvalue weighted by atomic mass is 9.91. The fourth-order valence-electron chi connectivity index (χ4n) is 5.47. The second kappa shape index (κ2) is 9.57. The van der Waals surface area contributed by atoms with Gasteiger partial charge in [-0.25, -0.2) is 0 Å². The van der Waals surface area contributed by atoms with Crippen molar-refractivity contribution in [2.24, 2.45) is 0 Å². The third kappa shape index (κ3) is 4.16. The number of halogens is 2. The maximum Gasteiger partial charge on any atom is 0.162 e. The number of fused-ring (bicyclic) bond motifs is 3. The van der Waals surface area contributed by atoms with Crippen LogP contribution in [-0.2, 0) is 6.54 Å². The smallest absolute Gasteiger partial charge is 0.162 e. The van der Waals surface area contributed by atoms with Gasteiger partial charge in [-0.2, -0.15) is 0 Å². The van der Waals surface area contributed by atoms with Gasteiger partial charge in [-0.1, -0.05) is 54.1 Å². The predicted molar refractivity (Wildman–Crippen MR) is 157 cm³/mol. The van der Waals surface area contributed by atoms with Crippen LogP contribution in [0.2, 0.25) is 5.02 Å². The molecule has 6 heteroatoms. The Bertz CT molecular complexity index is 1660. The van der Waals surface area contributed by atoms with Crippen molar-refractivity contribution in [3.05, 3.63) is 129 Å². The molecule has 188 valence electrons. The molecular weight excluding hydrogens is 560 g/mol. The zero-order valence-electron chi connectivity index (χ0n) is 20.5. The van der Waals surface area contributed by atoms with Gasteiger partial charge in [-0.05, 0) is 92.9 Å². The Morgan fingerprint density at radius 3 is 2.29 bits per heavy atom. The average molecular weight is 584 g/mol. The Morgan fingerprint density at radius 1 is 0.737 bits per heavy atom. The van der Waals surface area contributed by atoms with E-state index in [9.17, 15) is 0 Å². The third-order valence-electron chi connectivity index (χ3n) is 7.33. The molecular formula is C32H24BrClN2O2. The first kappa shape index (κ1) is 23.4. The molecule has 0 radical (unpaired) electrons. The molecule has 1 unspecified atom stereocenters. The van der Waals surface area contributed by atoms with Crippen LogP contribution in [0.1, 0.15) is 22.7 Å². The Balaban J connectivity index is 1.34. The normalized spacial score (nSPS) is 16.4. The summed E-state index contributed by atoms with van der Waals surface area (Å²) in [5, 5.41) is 3.08. The lowest BCUT2D eigenvalue weighted by Crippen LogP contribution is -2.37. The Kier molecular flexibility index (Phi) is 5.91. The van der Waals surface area contributed by atoms with Crippen molar-refractivity contribution in [2.45, 2.75) is 12.6 Å². The number of benzene rings is 5. The molecule has 5 aromatic carbocycles. The van der Waals surface area contributed by atoms with E-state index < -0.39 is 0 Å². The first-order valence-corrected chi connectivity index (χ1v) is 13.7. The number of hydrogen-bond donors (Lipinski definition) is 0. The fourth-order valence-corrected chi connectivity index (χ4v) is 6.13. The molecule has 1 atom stereocenters. The molecule has 0 amide bonds. The molecule has 0 saturated carbocycles. The first-order valence-electron chi connectivity index (χ1n) is 12.6. The van der Waals surface area contributed by atoms with Crippen LogP contribution in [0.5, 0.6) is 11.5 Å². The van der Waals surface area contributed by atoms with Gasteiger partial charge in [-0.15, -0.1) is 0 Å². The second-order valence-electron chi connectivity index (χ2n) is 9.65. The predicted octanol–water partition coefficient (Wildman–Crippen LogP) is 8.56. The molecule has 2 aliphatic rings. The van der Waals surface area contributed by atoms with Gasteiger partial charge < -0.3 is 19.3 Å². The van der Waals surface area contributed by atoms with E-state index in [-0.39, 0.29) is 6.04 Å². The van der Waals surface area contributed by atoms with Crippen molar-refractivity contribution in [3.8, 4) is 11.5 Å². The molecule has 0 aromatic heterocycles. The summed E-state index contributed by atoms with van der Waals surface area (Å²) in [6.45, 7) is 1.72. The summed E-state index contributed by atoms with van der Waals surface area (Å²) in [7, 11) is 0. The van der Waals surface area contributed by atoms with Gasteiger partial charge in [0.2, 0.25) is 0 Å². The van der Waals surface area contributed by atoms with Crippen molar-refractivity contribution >= 4 is 49.7 Å². The van der Waals surface area contributed by atoms with Gasteiger partial charge in [0.25, 0.3) is 0 Å². The summed E-state index contributed by atoms with van der Waals surface area (Å²) in [5.41, 5.74) is 5.67. The molecule has 0 bridgehead atoms. The number of para-hydroxylation sites is 1. The number of ether oxygens (including phenoxy) is 2. The number of anilines is 2. The van der Waals surface area contributed by atoms with Crippen LogP contribution < -0.4 is 19.3 Å². The molecule has 7 rings (SSSR count). The van der Waals surface area contributed by atoms with Crippen LogP contribution in [0.15, 0.2) is 108 Å². The van der Waals surface area contributed by atoms with Crippen LogP contribution in [-0.4, -0.2) is 13.5 Å². The summed E-state index contributed by atoms with van der Waals surface area (Å²) in [6.07, 6.45) is 0. The van der Waals surface area contributed by atoms with Crippen molar-refractivity contribution in [2.75, 3.05) is 23.3 Å². The Hall–Kier alpha value is -3.67. The molecule has 0 spiro atoms. The summed E-state index contributed by atoms with van der Waals surface area (Å²) in [4.78, 5) is 4.54. The van der Waals surface area contributed by atoms with E-state index in [2.05, 4.69) is 111 Å². The van der Waals surface area contributed by atoms with Gasteiger partial charge in [0.15, 0.2) is 13.5 Å². The molecule has 0 saturated heterocycles. The highest BCUT2D eigenvalue weighted by Crippen LogP contribution is 2.44. The zero-order chi connectivity index (χ0) is 25.6. The van der Waals surface area contributed by atoms with Gasteiger partial charge >= 0.3 is 0 Å². The number of rotatable bonds is 3. The SMILES string of the molecule is Clc1ccc(N2COc3cc4ccccc4cc3C2c2ccc3c(c2)CN(c2ccccc2Br)CO3)cc1. The zero-order valence-corrected chi connectivity index (χ0v) is 22.8. The fraction of sp³-hybridized carbons (Fsp3) is 0.125. The van der Waals surface area contributed by atoms with Gasteiger partial charge in [-0.3, -0.25) is 0 Å². The molecule has 2 aliphatic heterocycles. The minimum absolute atomic E-state index is 0.0336. The molecule has 38 heavy (non-hydrogen) atoms. The maximum absolute atomic E-state index is 6.34. The largest absolute Gasteiger partial charge is 0.473 e. The highest BCUT2D eigenvalue weighted by atomic mass is 79.9. The van der Waals surface area contributed by atoms with Crippen LogP contribution in [0.4, 0.5) is 11.4 Å². The molecule has 0 N–H and O–H groups in total. The van der Waals surface area contributed by atoms with Gasteiger partial charge in [0.05, 0.1) is 11.7 Å². The molecule has 0 fully saturated rings. The van der Waals surface area contributed by atoms with Crippen LogP contribution in [0.3, 0.4) is 0 Å². The van der Waals surface area contributed by atoms with E-state index >= 15 is 0 Å². The van der Waals surface area contributed by atoms with E-state index in [1.165, 1.54) is 16.3 Å². The third-order valence-corrected chi connectivity index (χ3v) is 8.25. The van der Waals surface area contributed by atoms with E-state index in [4.69, 9.17) is 21.1 Å². The summed E-state index contributed by atoms with van der Waals surface area (Å²) in [5.74, 6) is 1.85. The molecule has 4 nitrogen and oxygen atoms in total. The topological polar surface area (TPSA) is 24.9 Å². The van der Waals surface area contributed by atoms with Gasteiger partial charge in [0.1, 0.15) is 11.5 Å². The lowest BCUT2D eigenvalue weighted by molar-refractivity contribution is 0.277. The second-order valence-corrected chi connectivity index (χ2v) is 10.9. The van der Waals surface area contributed by atoms with Gasteiger partial charge in [0, 0.05) is 32.9 Å². The van der Waals surface area contributed by atoms with Crippen LogP contribution >= 0.6 is 27.5 Å². The average Bonchev–Trinajstić information content (AvgIpc) is 2.95. The standard InChI is InChI=1S/C32H24BrClN2O2/c33-28-7-3-4-8-29(28)35-18-24-15-23(9-14-30(24)37-19-35)32-27-16-21-5-1-2-6-22(21)17-31(27)38-20-36(32)26-12-10-25(34)11-13-26/h1-17,32H,18-20H2. The quantitative estimate of drug-likeness (QED) is 0.212. The van der Waals surface area contributed by atoms with E-state index in [0.717, 1.165) is 45.0 Å². The molecule has 0 aliphatic carbocycles. The monoisotopic (exact) mass is 582 g/mol. The molecule has 2 heterocycles. The van der Waals surface area contributed by atoms with Crippen molar-refractivity contribution < 1.29 is 9.47 Å². The first-order chi connectivity index (χ1) is 18.6. The maximum atomic E-state index is 6.34. The minimum Gasteiger partial charge on any atom is -0.473 e. The Labute approximate surface area is 235 Å². The van der Waals surface area contributed by atoms with Crippen molar-refractivity contribution in [3.63, 3.8) is 0 Å². The summed E-state index contributed by atoms with van der Waals surface area (Å²) >= 11 is 9.93. The number of nitrogens with zero attached hydrogens (tertiary/aromatic N) is 2. The highest BCUT2D eigenvalue weighted by Gasteiger charge is 2.32. The van der Waals surface area contributed by atoms with Crippen molar-refractivity contribution in [1.82, 2.24) is 0 Å². The minimum atomic E-state index is -0.0336. The summed E-state index contributed by atoms with van der Waals surface area (Å²) in [6, 6.07) is 35.6. The van der Waals surface area contributed by atoms with E-state index in [1.807, 2.05) is 18.2 Å². The van der Waals surface area contributed by atoms with Crippen LogP contribution in [0, 0.1) is 0 Å². The Morgan fingerprint density at radius 2 is 1.47 bits per heavy atom. The van der Waals surface area contributed by atoms with E-state index in [0.29, 0.717) is 18.5 Å². The highest BCUT2D eigenvalue weighted by molar-refractivity contribution is 9.10. The summed E-state index contributed by atoms with van der Waals surface area (Å²) < 4.78 is 13.6. The number of hydrogen-bond acceptors (Lipinski definition) is 4.